The van der Waals surface area contributed by atoms with Gasteiger partial charge in [-0.3, -0.25) is 0 Å². The fraction of sp³-hybridized carbons (Fsp3) is 0.294. The second-order valence-electron chi connectivity index (χ2n) is 5.51. The molecule has 3 nitrogen and oxygen atoms in total. The van der Waals surface area contributed by atoms with Crippen molar-refractivity contribution in [2.75, 3.05) is 0 Å². The summed E-state index contributed by atoms with van der Waals surface area (Å²) < 4.78 is 22.5. The van der Waals surface area contributed by atoms with Gasteiger partial charge in [-0.25, -0.2) is 0 Å². The van der Waals surface area contributed by atoms with Gasteiger partial charge in [-0.1, -0.05) is 51.1 Å². The first-order valence-corrected chi connectivity index (χ1v) is 7.25. The predicted molar refractivity (Wildman–Crippen MR) is 83.7 cm³/mol. The number of hydrogen-bond acceptors (Lipinski definition) is 3. The van der Waals surface area contributed by atoms with Gasteiger partial charge in [0.15, 0.2) is 0 Å². The van der Waals surface area contributed by atoms with Crippen molar-refractivity contribution in [1.29, 1.82) is 0 Å². The molecule has 0 saturated heterocycles. The second-order valence-corrected chi connectivity index (χ2v) is 5.65. The summed E-state index contributed by atoms with van der Waals surface area (Å²) in [4.78, 5) is 0. The third-order valence-corrected chi connectivity index (χ3v) is 2.87. The van der Waals surface area contributed by atoms with Gasteiger partial charge in [0, 0.05) is 5.75 Å². The molecule has 5 heteroatoms. The van der Waals surface area contributed by atoms with Gasteiger partial charge in [0.05, 0.1) is 6.61 Å². The quantitative estimate of drug-likeness (QED) is 0.616. The number of benzene rings is 2. The van der Waals surface area contributed by atoms with Gasteiger partial charge in [0.25, 0.3) is 0 Å². The van der Waals surface area contributed by atoms with Crippen LogP contribution in [0.25, 0.3) is 0 Å². The fourth-order valence-corrected chi connectivity index (χ4v) is 1.89. The van der Waals surface area contributed by atoms with Gasteiger partial charge >= 0.3 is 41.1 Å². The summed E-state index contributed by atoms with van der Waals surface area (Å²) in [6, 6.07) is 19.2. The Morgan fingerprint density at radius 3 is 2.23 bits per heavy atom. The smallest absolute Gasteiger partial charge is 0.546 e. The van der Waals surface area contributed by atoms with Crippen molar-refractivity contribution < 1.29 is 42.7 Å². The molecule has 0 aromatic heterocycles. The van der Waals surface area contributed by atoms with E-state index < -0.39 is 11.6 Å². The summed E-state index contributed by atoms with van der Waals surface area (Å²) in [7, 11) is 0. The molecule has 0 radical (unpaired) electrons. The van der Waals surface area contributed by atoms with E-state index in [1.807, 2.05) is 30.3 Å². The standard InChI is InChI=1S/C17H19O.Na.O2S/c1-17(2,3)15-11-7-8-12-16(15)18-13-14-9-5-4-6-10-14;;1-3-2/h4-7,9-12H,13H2,1-3H3;;/q-1;+1;. The molecule has 0 aliphatic heterocycles. The van der Waals surface area contributed by atoms with Crippen molar-refractivity contribution in [3.8, 4) is 5.75 Å². The fourth-order valence-electron chi connectivity index (χ4n) is 1.89. The summed E-state index contributed by atoms with van der Waals surface area (Å²) >= 11 is -0.750. The minimum absolute atomic E-state index is 0. The first-order valence-electron chi connectivity index (χ1n) is 6.58. The molecule has 0 fully saturated rings. The van der Waals surface area contributed by atoms with Crippen LogP contribution in [0.2, 0.25) is 0 Å². The Kier molecular flexibility index (Phi) is 10.3. The van der Waals surface area contributed by atoms with Crippen LogP contribution in [0.15, 0.2) is 48.5 Å². The summed E-state index contributed by atoms with van der Waals surface area (Å²) in [6.45, 7) is 7.18. The van der Waals surface area contributed by atoms with Crippen molar-refractivity contribution in [2.45, 2.75) is 32.8 Å². The van der Waals surface area contributed by atoms with Crippen LogP contribution in [0.1, 0.15) is 31.9 Å². The first-order chi connectivity index (χ1) is 9.99. The minimum Gasteiger partial charge on any atom is -0.546 e. The summed E-state index contributed by atoms with van der Waals surface area (Å²) in [5.41, 5.74) is 2.49. The maximum Gasteiger partial charge on any atom is 1.00 e. The van der Waals surface area contributed by atoms with Gasteiger partial charge in [-0.05, 0) is 11.0 Å². The normalized spacial score (nSPS) is 9.77. The maximum absolute atomic E-state index is 8.29. The van der Waals surface area contributed by atoms with E-state index in [0.717, 1.165) is 5.75 Å². The van der Waals surface area contributed by atoms with Gasteiger partial charge in [-0.15, -0.1) is 11.6 Å². The summed E-state index contributed by atoms with van der Waals surface area (Å²) in [5, 5.41) is 0. The predicted octanol–water partition coefficient (Wildman–Crippen LogP) is 0.697. The largest absolute Gasteiger partial charge is 1.00 e. The Morgan fingerprint density at radius 2 is 1.68 bits per heavy atom. The van der Waals surface area contributed by atoms with Crippen LogP contribution in [0.5, 0.6) is 5.75 Å². The number of ether oxygens (including phenoxy) is 1. The molecular weight excluding hydrogens is 307 g/mol. The molecule has 0 aliphatic carbocycles. The van der Waals surface area contributed by atoms with Crippen molar-refractivity contribution in [3.05, 3.63) is 65.7 Å². The van der Waals surface area contributed by atoms with Gasteiger partial charge in [0.2, 0.25) is 0 Å². The van der Waals surface area contributed by atoms with Crippen LogP contribution >= 0.6 is 0 Å². The van der Waals surface area contributed by atoms with E-state index in [9.17, 15) is 0 Å². The van der Waals surface area contributed by atoms with Crippen LogP contribution in [0.3, 0.4) is 0 Å². The van der Waals surface area contributed by atoms with Crippen molar-refractivity contribution >= 4 is 11.6 Å². The Hall–Kier alpha value is -0.940. The van der Waals surface area contributed by atoms with E-state index in [0.29, 0.717) is 6.61 Å². The Labute approximate surface area is 158 Å². The zero-order chi connectivity index (χ0) is 15.7. The molecule has 0 amide bonds. The van der Waals surface area contributed by atoms with E-state index in [2.05, 4.69) is 45.0 Å². The average Bonchev–Trinajstić information content (AvgIpc) is 2.46. The van der Waals surface area contributed by atoms with E-state index in [1.165, 1.54) is 11.1 Å². The molecule has 0 saturated carbocycles. The minimum atomic E-state index is -0.750. The Morgan fingerprint density at radius 1 is 1.09 bits per heavy atom. The van der Waals surface area contributed by atoms with Crippen LogP contribution in [-0.4, -0.2) is 8.42 Å². The van der Waals surface area contributed by atoms with Crippen molar-refractivity contribution in [2.24, 2.45) is 0 Å². The molecule has 22 heavy (non-hydrogen) atoms. The van der Waals surface area contributed by atoms with Gasteiger partial charge in [-0.2, -0.15) is 26.6 Å². The maximum atomic E-state index is 8.29. The molecule has 0 aliphatic rings. The third-order valence-electron chi connectivity index (χ3n) is 2.87. The zero-order valence-corrected chi connectivity index (χ0v) is 16.3. The first kappa shape index (κ1) is 21.1. The third kappa shape index (κ3) is 7.36. The SMILES string of the molecule is CC(C)(C)c1cc[c-]cc1OCc1ccccc1.O=S=O.[Na+]. The molecule has 0 bridgehead atoms. The molecule has 0 spiro atoms. The number of hydrogen-bond donors (Lipinski definition) is 0. The molecular formula is C17H19NaO3S. The topological polar surface area (TPSA) is 43.4 Å². The Bertz CT molecular complexity index is 588. The molecule has 2 aromatic rings. The Balaban J connectivity index is 0.00000102. The molecule has 0 unspecified atom stereocenters. The van der Waals surface area contributed by atoms with E-state index in [-0.39, 0.29) is 35.0 Å². The van der Waals surface area contributed by atoms with Crippen LogP contribution < -0.4 is 34.3 Å². The molecule has 0 atom stereocenters. The van der Waals surface area contributed by atoms with Crippen LogP contribution in [0, 0.1) is 6.07 Å². The van der Waals surface area contributed by atoms with E-state index in [1.54, 1.807) is 0 Å². The summed E-state index contributed by atoms with van der Waals surface area (Å²) in [5.74, 6) is 0.925. The molecule has 0 heterocycles. The molecule has 2 aromatic carbocycles. The van der Waals surface area contributed by atoms with Gasteiger partial charge < -0.3 is 4.74 Å². The summed E-state index contributed by atoms with van der Waals surface area (Å²) in [6.07, 6.45) is 0. The second kappa shape index (κ2) is 10.7. The monoisotopic (exact) mass is 326 g/mol. The zero-order valence-electron chi connectivity index (χ0n) is 13.5. The van der Waals surface area contributed by atoms with Crippen molar-refractivity contribution in [3.63, 3.8) is 0 Å². The van der Waals surface area contributed by atoms with E-state index in [4.69, 9.17) is 13.2 Å². The van der Waals surface area contributed by atoms with Crippen molar-refractivity contribution in [1.82, 2.24) is 0 Å². The molecule has 112 valence electrons. The van der Waals surface area contributed by atoms with E-state index >= 15 is 0 Å². The van der Waals surface area contributed by atoms with Crippen LogP contribution in [0.4, 0.5) is 0 Å². The number of rotatable bonds is 3. The van der Waals surface area contributed by atoms with Gasteiger partial charge in [0.1, 0.15) is 0 Å². The van der Waals surface area contributed by atoms with Crippen LogP contribution in [-0.2, 0) is 23.6 Å². The average molecular weight is 326 g/mol. The molecule has 2 rings (SSSR count). The molecule has 0 N–H and O–H groups in total.